The first kappa shape index (κ1) is 14.2. The number of hydrogen-bond acceptors (Lipinski definition) is 4. The lowest BCUT2D eigenvalue weighted by Crippen LogP contribution is -2.43. The van der Waals surface area contributed by atoms with Gasteiger partial charge in [-0.05, 0) is 12.8 Å². The summed E-state index contributed by atoms with van der Waals surface area (Å²) < 4.78 is 0. The second-order valence-electron chi connectivity index (χ2n) is 4.74. The minimum atomic E-state index is -0.198. The molecule has 0 atom stereocenters. The lowest BCUT2D eigenvalue weighted by atomic mass is 9.94. The molecule has 1 amide bonds. The summed E-state index contributed by atoms with van der Waals surface area (Å²) in [5.41, 5.74) is 0.242. The molecule has 0 unspecified atom stereocenters. The van der Waals surface area contributed by atoms with Crippen molar-refractivity contribution >= 4 is 17.5 Å². The average molecular weight is 284 g/mol. The third-order valence-electron chi connectivity index (χ3n) is 3.44. The number of carbonyl (C=O) groups is 1. The number of nitrogens with zero attached hydrogens (tertiary/aromatic N) is 3. The Morgan fingerprint density at radius 1 is 1.37 bits per heavy atom. The van der Waals surface area contributed by atoms with Crippen LogP contribution in [0.15, 0.2) is 12.4 Å². The van der Waals surface area contributed by atoms with Gasteiger partial charge in [-0.25, -0.2) is 4.98 Å². The highest BCUT2D eigenvalue weighted by Gasteiger charge is 2.26. The smallest absolute Gasteiger partial charge is 0.274 e. The summed E-state index contributed by atoms with van der Waals surface area (Å²) in [7, 11) is 0. The van der Waals surface area contributed by atoms with Crippen LogP contribution in [0.3, 0.4) is 0 Å². The van der Waals surface area contributed by atoms with Crippen molar-refractivity contribution in [3.63, 3.8) is 0 Å². The van der Waals surface area contributed by atoms with Gasteiger partial charge in [0.2, 0.25) is 0 Å². The molecule has 1 N–H and O–H groups in total. The molecule has 1 aromatic heterocycles. The van der Waals surface area contributed by atoms with E-state index in [4.69, 9.17) is 16.7 Å². The third kappa shape index (κ3) is 3.64. The highest BCUT2D eigenvalue weighted by atomic mass is 35.5. The van der Waals surface area contributed by atoms with Gasteiger partial charge in [-0.1, -0.05) is 30.9 Å². The Morgan fingerprint density at radius 2 is 2.11 bits per heavy atom. The van der Waals surface area contributed by atoms with Crippen LogP contribution in [0.25, 0.3) is 0 Å². The number of aromatic nitrogens is 2. The lowest BCUT2D eigenvalue weighted by molar-refractivity contribution is 0.0579. The molecule has 1 heterocycles. The molecule has 0 saturated heterocycles. The van der Waals surface area contributed by atoms with Crippen LogP contribution in [0.2, 0.25) is 5.15 Å². The van der Waals surface area contributed by atoms with Gasteiger partial charge in [-0.15, -0.1) is 0 Å². The Bertz CT molecular complexity index is 436. The maximum absolute atomic E-state index is 12.4. The van der Waals surface area contributed by atoms with Gasteiger partial charge in [0.1, 0.15) is 10.8 Å². The van der Waals surface area contributed by atoms with Crippen molar-refractivity contribution in [1.82, 2.24) is 14.9 Å². The molecule has 0 radical (unpaired) electrons. The van der Waals surface area contributed by atoms with Gasteiger partial charge < -0.3 is 10.0 Å². The van der Waals surface area contributed by atoms with Gasteiger partial charge in [0.15, 0.2) is 0 Å². The third-order valence-corrected chi connectivity index (χ3v) is 3.62. The van der Waals surface area contributed by atoms with Gasteiger partial charge in [0, 0.05) is 12.6 Å². The van der Waals surface area contributed by atoms with E-state index in [1.807, 2.05) is 0 Å². The summed E-state index contributed by atoms with van der Waals surface area (Å²) in [6, 6.07) is 0.189. The van der Waals surface area contributed by atoms with E-state index in [9.17, 15) is 4.79 Å². The SMILES string of the molecule is O=C(c1cncc(Cl)n1)N(CCO)C1CCCCC1. The quantitative estimate of drug-likeness (QED) is 0.916. The number of aliphatic hydroxyl groups excluding tert-OH is 1. The van der Waals surface area contributed by atoms with Crippen molar-refractivity contribution in [1.29, 1.82) is 0 Å². The fraction of sp³-hybridized carbons (Fsp3) is 0.615. The van der Waals surface area contributed by atoms with Crippen LogP contribution >= 0.6 is 11.6 Å². The number of halogens is 1. The van der Waals surface area contributed by atoms with Gasteiger partial charge >= 0.3 is 0 Å². The molecule has 0 spiro atoms. The lowest BCUT2D eigenvalue weighted by Gasteiger charge is -2.33. The van der Waals surface area contributed by atoms with Crippen molar-refractivity contribution in [3.8, 4) is 0 Å². The summed E-state index contributed by atoms with van der Waals surface area (Å²) >= 11 is 5.76. The topological polar surface area (TPSA) is 66.3 Å². The molecule has 0 aliphatic heterocycles. The summed E-state index contributed by atoms with van der Waals surface area (Å²) in [5.74, 6) is -0.198. The van der Waals surface area contributed by atoms with Crippen molar-refractivity contribution in [3.05, 3.63) is 23.2 Å². The van der Waals surface area contributed by atoms with E-state index >= 15 is 0 Å². The maximum Gasteiger partial charge on any atom is 0.274 e. The zero-order valence-electron chi connectivity index (χ0n) is 10.8. The molecular weight excluding hydrogens is 266 g/mol. The van der Waals surface area contributed by atoms with Crippen molar-refractivity contribution in [2.24, 2.45) is 0 Å². The molecule has 1 aliphatic rings. The fourth-order valence-corrected chi connectivity index (χ4v) is 2.69. The van der Waals surface area contributed by atoms with Crippen LogP contribution in [-0.2, 0) is 0 Å². The zero-order chi connectivity index (χ0) is 13.7. The molecule has 6 heteroatoms. The molecule has 1 aliphatic carbocycles. The molecule has 5 nitrogen and oxygen atoms in total. The Morgan fingerprint density at radius 3 is 2.74 bits per heavy atom. The van der Waals surface area contributed by atoms with Crippen LogP contribution in [0, 0.1) is 0 Å². The fourth-order valence-electron chi connectivity index (χ4n) is 2.54. The van der Waals surface area contributed by atoms with Crippen LogP contribution in [0.1, 0.15) is 42.6 Å². The number of carbonyl (C=O) groups excluding carboxylic acids is 1. The van der Waals surface area contributed by atoms with Crippen molar-refractivity contribution < 1.29 is 9.90 Å². The standard InChI is InChI=1S/C13H18ClN3O2/c14-12-9-15-8-11(16-12)13(19)17(6-7-18)10-4-2-1-3-5-10/h8-10,18H,1-7H2. The zero-order valence-corrected chi connectivity index (χ0v) is 11.5. The van der Waals surface area contributed by atoms with E-state index in [-0.39, 0.29) is 29.4 Å². The molecule has 0 bridgehead atoms. The second kappa shape index (κ2) is 6.82. The number of amides is 1. The van der Waals surface area contributed by atoms with E-state index in [0.717, 1.165) is 25.7 Å². The van der Waals surface area contributed by atoms with Crippen molar-refractivity contribution in [2.75, 3.05) is 13.2 Å². The normalized spacial score (nSPS) is 16.3. The van der Waals surface area contributed by atoms with Gasteiger partial charge in [0.25, 0.3) is 5.91 Å². The first-order valence-corrected chi connectivity index (χ1v) is 6.99. The highest BCUT2D eigenvalue weighted by Crippen LogP contribution is 2.23. The number of rotatable bonds is 4. The monoisotopic (exact) mass is 283 g/mol. The minimum Gasteiger partial charge on any atom is -0.395 e. The van der Waals surface area contributed by atoms with E-state index in [0.29, 0.717) is 6.54 Å². The second-order valence-corrected chi connectivity index (χ2v) is 5.13. The van der Waals surface area contributed by atoms with Crippen LogP contribution < -0.4 is 0 Å². The molecular formula is C13H18ClN3O2. The van der Waals surface area contributed by atoms with Crippen LogP contribution in [0.5, 0.6) is 0 Å². The van der Waals surface area contributed by atoms with Crippen LogP contribution in [-0.4, -0.2) is 45.1 Å². The maximum atomic E-state index is 12.4. The Balaban J connectivity index is 2.15. The molecule has 1 fully saturated rings. The predicted octanol–water partition coefficient (Wildman–Crippen LogP) is 1.90. The minimum absolute atomic E-state index is 0.0454. The summed E-state index contributed by atoms with van der Waals surface area (Å²) in [4.78, 5) is 22.0. The van der Waals surface area contributed by atoms with E-state index < -0.39 is 0 Å². The van der Waals surface area contributed by atoms with Gasteiger partial charge in [-0.3, -0.25) is 9.78 Å². The Labute approximate surface area is 117 Å². The molecule has 19 heavy (non-hydrogen) atoms. The molecule has 2 rings (SSSR count). The first-order valence-electron chi connectivity index (χ1n) is 6.61. The largest absolute Gasteiger partial charge is 0.395 e. The summed E-state index contributed by atoms with van der Waals surface area (Å²) in [6.45, 7) is 0.286. The molecule has 0 aromatic carbocycles. The van der Waals surface area contributed by atoms with Crippen molar-refractivity contribution in [2.45, 2.75) is 38.1 Å². The van der Waals surface area contributed by atoms with E-state index in [2.05, 4.69) is 9.97 Å². The predicted molar refractivity (Wildman–Crippen MR) is 72.0 cm³/mol. The van der Waals surface area contributed by atoms with E-state index in [1.165, 1.54) is 18.8 Å². The van der Waals surface area contributed by atoms with Gasteiger partial charge in [0.05, 0.1) is 19.0 Å². The Kier molecular flexibility index (Phi) is 5.10. The van der Waals surface area contributed by atoms with E-state index in [1.54, 1.807) is 4.90 Å². The molecule has 1 saturated carbocycles. The van der Waals surface area contributed by atoms with Crippen LogP contribution in [0.4, 0.5) is 0 Å². The first-order chi connectivity index (χ1) is 9.22. The average Bonchev–Trinajstić information content (AvgIpc) is 2.45. The Hall–Kier alpha value is -1.20. The molecule has 104 valence electrons. The van der Waals surface area contributed by atoms with Gasteiger partial charge in [-0.2, -0.15) is 0 Å². The number of hydrogen-bond donors (Lipinski definition) is 1. The summed E-state index contributed by atoms with van der Waals surface area (Å²) in [5, 5.41) is 9.37. The summed E-state index contributed by atoms with van der Waals surface area (Å²) in [6.07, 6.45) is 8.26. The molecule has 1 aromatic rings. The number of aliphatic hydroxyl groups is 1. The highest BCUT2D eigenvalue weighted by molar-refractivity contribution is 6.29.